The lowest BCUT2D eigenvalue weighted by Crippen LogP contribution is -2.21. The van der Waals surface area contributed by atoms with Crippen molar-refractivity contribution in [3.05, 3.63) is 55.6 Å². The fraction of sp³-hybridized carbons (Fsp3) is 0.286. The molecule has 1 unspecified atom stereocenters. The number of rotatable bonds is 5. The van der Waals surface area contributed by atoms with Crippen LogP contribution in [-0.4, -0.2) is 6.54 Å². The summed E-state index contributed by atoms with van der Waals surface area (Å²) in [4.78, 5) is 1.40. The number of hydrogen-bond donors (Lipinski definition) is 1. The molecule has 0 saturated heterocycles. The first-order valence-corrected chi connectivity index (χ1v) is 7.87. The minimum Gasteiger partial charge on any atom is -0.310 e. The molecule has 0 radical (unpaired) electrons. The summed E-state index contributed by atoms with van der Waals surface area (Å²) in [6.45, 7) is 3.16. The highest BCUT2D eigenvalue weighted by Crippen LogP contribution is 2.22. The lowest BCUT2D eigenvalue weighted by Gasteiger charge is -2.13. The van der Waals surface area contributed by atoms with E-state index >= 15 is 0 Å². The molecule has 1 heterocycles. The summed E-state index contributed by atoms with van der Waals surface area (Å²) < 4.78 is 1.20. The van der Waals surface area contributed by atoms with Gasteiger partial charge in [-0.15, -0.1) is 11.3 Å². The van der Waals surface area contributed by atoms with Crippen LogP contribution in [-0.2, 0) is 6.42 Å². The predicted octanol–water partition coefficient (Wildman–Crippen LogP) is 5.06. The Hall–Kier alpha value is -0.350. The van der Waals surface area contributed by atoms with Gasteiger partial charge in [0.25, 0.3) is 0 Å². The van der Waals surface area contributed by atoms with E-state index in [1.807, 2.05) is 12.1 Å². The van der Waals surface area contributed by atoms with Crippen LogP contribution in [0.3, 0.4) is 0 Å². The predicted molar refractivity (Wildman–Crippen MR) is 83.6 cm³/mol. The average molecular weight is 345 g/mol. The normalized spacial score (nSPS) is 12.6. The molecule has 1 nitrogen and oxygen atoms in total. The third-order valence-corrected chi connectivity index (χ3v) is 4.76. The molecule has 0 spiro atoms. The fourth-order valence-electron chi connectivity index (χ4n) is 1.77. The second kappa shape index (κ2) is 6.71. The van der Waals surface area contributed by atoms with E-state index in [-0.39, 0.29) is 0 Å². The highest BCUT2D eigenvalue weighted by Gasteiger charge is 2.04. The van der Waals surface area contributed by atoms with Crippen molar-refractivity contribution in [2.24, 2.45) is 0 Å². The van der Waals surface area contributed by atoms with Gasteiger partial charge in [-0.2, -0.15) is 0 Å². The Morgan fingerprint density at radius 2 is 1.94 bits per heavy atom. The molecule has 1 atom stereocenters. The van der Waals surface area contributed by atoms with Crippen molar-refractivity contribution in [2.45, 2.75) is 19.4 Å². The summed E-state index contributed by atoms with van der Waals surface area (Å²) in [7, 11) is 0. The molecule has 4 heteroatoms. The van der Waals surface area contributed by atoms with Gasteiger partial charge in [-0.05, 0) is 59.1 Å². The number of benzene rings is 1. The average Bonchev–Trinajstić information content (AvgIpc) is 2.76. The summed E-state index contributed by atoms with van der Waals surface area (Å²) in [5, 5.41) is 4.31. The third-order valence-electron chi connectivity index (χ3n) is 2.82. The molecule has 1 N–H and O–H groups in total. The van der Waals surface area contributed by atoms with E-state index in [4.69, 9.17) is 11.6 Å². The number of hydrogen-bond acceptors (Lipinski definition) is 2. The van der Waals surface area contributed by atoms with Crippen molar-refractivity contribution in [1.29, 1.82) is 0 Å². The van der Waals surface area contributed by atoms with E-state index < -0.39 is 0 Å². The van der Waals surface area contributed by atoms with Gasteiger partial charge in [0.2, 0.25) is 0 Å². The zero-order valence-corrected chi connectivity index (χ0v) is 13.3. The SMILES string of the molecule is CC(NCCc1ccc(Br)s1)c1ccc(Cl)cc1. The molecular weight excluding hydrogens is 330 g/mol. The molecular formula is C14H15BrClNS. The highest BCUT2D eigenvalue weighted by molar-refractivity contribution is 9.11. The maximum atomic E-state index is 5.88. The van der Waals surface area contributed by atoms with Gasteiger partial charge in [0.05, 0.1) is 3.79 Å². The van der Waals surface area contributed by atoms with Crippen LogP contribution in [0.25, 0.3) is 0 Å². The molecule has 0 aliphatic rings. The van der Waals surface area contributed by atoms with Crippen LogP contribution in [0.15, 0.2) is 40.2 Å². The van der Waals surface area contributed by atoms with Gasteiger partial charge >= 0.3 is 0 Å². The van der Waals surface area contributed by atoms with Gasteiger partial charge in [-0.1, -0.05) is 23.7 Å². The van der Waals surface area contributed by atoms with Crippen molar-refractivity contribution in [3.8, 4) is 0 Å². The van der Waals surface area contributed by atoms with Crippen molar-refractivity contribution in [1.82, 2.24) is 5.32 Å². The molecule has 2 rings (SSSR count). The first-order valence-electron chi connectivity index (χ1n) is 5.88. The summed E-state index contributed by atoms with van der Waals surface area (Å²) in [5.41, 5.74) is 1.27. The van der Waals surface area contributed by atoms with Gasteiger partial charge in [-0.25, -0.2) is 0 Å². The standard InChI is InChI=1S/C14H15BrClNS/c1-10(11-2-4-12(16)5-3-11)17-9-8-13-6-7-14(15)18-13/h2-7,10,17H,8-9H2,1H3. The largest absolute Gasteiger partial charge is 0.310 e. The quantitative estimate of drug-likeness (QED) is 0.799. The maximum absolute atomic E-state index is 5.88. The Balaban J connectivity index is 1.81. The van der Waals surface area contributed by atoms with E-state index in [1.54, 1.807) is 11.3 Å². The Bertz CT molecular complexity index is 495. The van der Waals surface area contributed by atoms with Crippen LogP contribution < -0.4 is 5.32 Å². The Morgan fingerprint density at radius 3 is 2.56 bits per heavy atom. The smallest absolute Gasteiger partial charge is 0.0701 e. The van der Waals surface area contributed by atoms with Gasteiger partial charge in [0.1, 0.15) is 0 Å². The van der Waals surface area contributed by atoms with Gasteiger partial charge in [0.15, 0.2) is 0 Å². The topological polar surface area (TPSA) is 12.0 Å². The van der Waals surface area contributed by atoms with E-state index in [2.05, 4.69) is 52.4 Å². The number of thiophene rings is 1. The summed E-state index contributed by atoms with van der Waals surface area (Å²) >= 11 is 11.2. The van der Waals surface area contributed by atoms with Crippen LogP contribution in [0.4, 0.5) is 0 Å². The van der Waals surface area contributed by atoms with E-state index in [0.717, 1.165) is 18.0 Å². The Kier molecular flexibility index (Phi) is 5.25. The summed E-state index contributed by atoms with van der Waals surface area (Å²) in [6, 6.07) is 12.6. The van der Waals surface area contributed by atoms with Crippen molar-refractivity contribution >= 4 is 38.9 Å². The molecule has 1 aromatic carbocycles. The van der Waals surface area contributed by atoms with Crippen molar-refractivity contribution in [3.63, 3.8) is 0 Å². The first-order chi connectivity index (χ1) is 8.65. The summed E-state index contributed by atoms with van der Waals surface area (Å²) in [5.74, 6) is 0. The van der Waals surface area contributed by atoms with E-state index in [0.29, 0.717) is 6.04 Å². The van der Waals surface area contributed by atoms with Gasteiger partial charge in [-0.3, -0.25) is 0 Å². The monoisotopic (exact) mass is 343 g/mol. The Labute approximate surface area is 125 Å². The van der Waals surface area contributed by atoms with E-state index in [9.17, 15) is 0 Å². The molecule has 0 amide bonds. The van der Waals surface area contributed by atoms with Gasteiger partial charge < -0.3 is 5.32 Å². The van der Waals surface area contributed by atoms with Crippen LogP contribution in [0.1, 0.15) is 23.4 Å². The molecule has 0 aliphatic carbocycles. The lowest BCUT2D eigenvalue weighted by molar-refractivity contribution is 0.578. The molecule has 0 bridgehead atoms. The van der Waals surface area contributed by atoms with Crippen LogP contribution in [0.5, 0.6) is 0 Å². The molecule has 0 aliphatic heterocycles. The number of nitrogens with one attached hydrogen (secondary N) is 1. The maximum Gasteiger partial charge on any atom is 0.0701 e. The minimum atomic E-state index is 0.352. The molecule has 96 valence electrons. The zero-order chi connectivity index (χ0) is 13.0. The molecule has 0 fully saturated rings. The van der Waals surface area contributed by atoms with Crippen LogP contribution in [0.2, 0.25) is 5.02 Å². The highest BCUT2D eigenvalue weighted by atomic mass is 79.9. The van der Waals surface area contributed by atoms with Crippen LogP contribution in [0, 0.1) is 0 Å². The van der Waals surface area contributed by atoms with E-state index in [1.165, 1.54) is 14.2 Å². The molecule has 18 heavy (non-hydrogen) atoms. The number of halogens is 2. The first kappa shape index (κ1) is 14.1. The minimum absolute atomic E-state index is 0.352. The molecule has 2 aromatic rings. The fourth-order valence-corrected chi connectivity index (χ4v) is 3.38. The summed E-state index contributed by atoms with van der Waals surface area (Å²) in [6.07, 6.45) is 1.06. The lowest BCUT2D eigenvalue weighted by atomic mass is 10.1. The second-order valence-corrected chi connectivity index (χ2v) is 7.17. The second-order valence-electron chi connectivity index (χ2n) is 4.18. The third kappa shape index (κ3) is 4.09. The van der Waals surface area contributed by atoms with Gasteiger partial charge in [0, 0.05) is 22.5 Å². The molecule has 1 aromatic heterocycles. The molecule has 0 saturated carbocycles. The Morgan fingerprint density at radius 1 is 1.22 bits per heavy atom. The van der Waals surface area contributed by atoms with Crippen LogP contribution >= 0.6 is 38.9 Å². The van der Waals surface area contributed by atoms with Crippen molar-refractivity contribution < 1.29 is 0 Å². The zero-order valence-electron chi connectivity index (χ0n) is 10.1. The van der Waals surface area contributed by atoms with Crippen molar-refractivity contribution in [2.75, 3.05) is 6.54 Å².